The van der Waals surface area contributed by atoms with Crippen molar-refractivity contribution in [3.8, 4) is 6.07 Å². The summed E-state index contributed by atoms with van der Waals surface area (Å²) in [4.78, 5) is 12.8. The van der Waals surface area contributed by atoms with Gasteiger partial charge in [-0.05, 0) is 0 Å². The van der Waals surface area contributed by atoms with Crippen molar-refractivity contribution in [2.24, 2.45) is 0 Å². The number of nitriles is 1. The third-order valence-corrected chi connectivity index (χ3v) is 7.75. The number of nitrogens with zero attached hydrogens (tertiary/aromatic N) is 1. The molecular weight excluding hydrogens is 461 g/mol. The number of allylic oxidation sites excluding steroid dienone is 1. The van der Waals surface area contributed by atoms with E-state index in [4.69, 9.17) is 16.3 Å². The third-order valence-electron chi connectivity index (χ3n) is 4.96. The number of benzene rings is 3. The SMILES string of the molecule is N#CC1(OC(=O)c2cccc(Cl)c2)CC(c2ccccc2)=C(c2ccccc2)C[Se]1. The number of halogens is 1. The number of rotatable bonds is 4. The van der Waals surface area contributed by atoms with Gasteiger partial charge in [-0.2, -0.15) is 0 Å². The Kier molecular flexibility index (Phi) is 6.06. The van der Waals surface area contributed by atoms with Gasteiger partial charge in [0.2, 0.25) is 0 Å². The van der Waals surface area contributed by atoms with Crippen LogP contribution >= 0.6 is 11.6 Å². The average Bonchev–Trinajstić information content (AvgIpc) is 2.80. The van der Waals surface area contributed by atoms with Crippen molar-refractivity contribution in [1.29, 1.82) is 5.26 Å². The molecule has 1 aliphatic heterocycles. The number of hydrogen-bond donors (Lipinski definition) is 0. The van der Waals surface area contributed by atoms with E-state index >= 15 is 0 Å². The van der Waals surface area contributed by atoms with E-state index in [2.05, 4.69) is 18.2 Å². The standard InChI is InChI=1S/C25H18ClNO2Se/c26-21-13-7-12-20(14-21)24(28)29-25(17-27)15-22(18-8-3-1-4-9-18)23(16-30-25)19-10-5-2-6-11-19/h1-14H,15-16H2. The average molecular weight is 479 g/mol. The normalized spacial score (nSPS) is 18.5. The van der Waals surface area contributed by atoms with Gasteiger partial charge < -0.3 is 0 Å². The molecule has 3 aromatic carbocycles. The van der Waals surface area contributed by atoms with Crippen LogP contribution in [0.15, 0.2) is 84.9 Å². The number of ether oxygens (including phenoxy) is 1. The summed E-state index contributed by atoms with van der Waals surface area (Å²) in [5.41, 5.74) is 4.81. The molecule has 3 nitrogen and oxygen atoms in total. The van der Waals surface area contributed by atoms with Gasteiger partial charge in [0, 0.05) is 0 Å². The molecule has 4 rings (SSSR count). The van der Waals surface area contributed by atoms with Crippen molar-refractivity contribution in [3.63, 3.8) is 0 Å². The predicted octanol–water partition coefficient (Wildman–Crippen LogP) is 5.85. The Balaban J connectivity index is 1.72. The van der Waals surface area contributed by atoms with Gasteiger partial charge in [0.25, 0.3) is 0 Å². The molecule has 148 valence electrons. The van der Waals surface area contributed by atoms with E-state index in [-0.39, 0.29) is 15.0 Å². The summed E-state index contributed by atoms with van der Waals surface area (Å²) >= 11 is 5.78. The molecular formula is C25H18ClNO2Se. The molecule has 0 radical (unpaired) electrons. The van der Waals surface area contributed by atoms with Crippen LogP contribution in [-0.2, 0) is 4.74 Å². The van der Waals surface area contributed by atoms with E-state index in [1.54, 1.807) is 24.3 Å². The van der Waals surface area contributed by atoms with Crippen LogP contribution in [0.4, 0.5) is 0 Å². The molecule has 0 spiro atoms. The second kappa shape index (κ2) is 8.90. The van der Waals surface area contributed by atoms with Crippen LogP contribution < -0.4 is 0 Å². The Morgan fingerprint density at radius 3 is 2.17 bits per heavy atom. The molecule has 1 aliphatic rings. The second-order valence-corrected chi connectivity index (χ2v) is 9.95. The monoisotopic (exact) mass is 479 g/mol. The Bertz CT molecular complexity index is 1140. The Morgan fingerprint density at radius 1 is 0.933 bits per heavy atom. The van der Waals surface area contributed by atoms with Gasteiger partial charge in [-0.25, -0.2) is 0 Å². The van der Waals surface area contributed by atoms with Crippen molar-refractivity contribution < 1.29 is 9.53 Å². The van der Waals surface area contributed by atoms with Crippen molar-refractivity contribution >= 4 is 43.7 Å². The molecule has 3 aromatic rings. The van der Waals surface area contributed by atoms with E-state index < -0.39 is 10.5 Å². The predicted molar refractivity (Wildman–Crippen MR) is 120 cm³/mol. The molecule has 30 heavy (non-hydrogen) atoms. The first kappa shape index (κ1) is 20.4. The molecule has 0 fully saturated rings. The molecule has 5 heteroatoms. The minimum absolute atomic E-state index is 0.237. The van der Waals surface area contributed by atoms with Gasteiger partial charge in [0.15, 0.2) is 0 Å². The summed E-state index contributed by atoms with van der Waals surface area (Å²) in [5.74, 6) is -0.517. The van der Waals surface area contributed by atoms with Crippen molar-refractivity contribution in [2.75, 3.05) is 0 Å². The first-order chi connectivity index (χ1) is 14.6. The maximum atomic E-state index is 12.8. The number of carbonyl (C=O) groups is 1. The molecule has 1 atom stereocenters. The number of esters is 1. The van der Waals surface area contributed by atoms with E-state index in [0.29, 0.717) is 22.3 Å². The van der Waals surface area contributed by atoms with Gasteiger partial charge in [-0.3, -0.25) is 0 Å². The molecule has 1 unspecified atom stereocenters. The summed E-state index contributed by atoms with van der Waals surface area (Å²) in [5, 5.41) is 11.2. The van der Waals surface area contributed by atoms with E-state index in [1.165, 1.54) is 5.57 Å². The van der Waals surface area contributed by atoms with Crippen LogP contribution in [0.3, 0.4) is 0 Å². The fourth-order valence-electron chi connectivity index (χ4n) is 3.46. The Labute approximate surface area is 187 Å². The number of carbonyl (C=O) groups excluding carboxylic acids is 1. The van der Waals surface area contributed by atoms with Crippen LogP contribution in [0.25, 0.3) is 11.1 Å². The zero-order chi connectivity index (χ0) is 21.0. The molecule has 1 heterocycles. The first-order valence-corrected chi connectivity index (χ1v) is 11.9. The molecule has 0 N–H and O–H groups in total. The van der Waals surface area contributed by atoms with Gasteiger partial charge in [0.05, 0.1) is 0 Å². The summed E-state index contributed by atoms with van der Waals surface area (Å²) in [6.07, 6.45) is 0.365. The Hall–Kier alpha value is -2.83. The van der Waals surface area contributed by atoms with E-state index in [9.17, 15) is 10.1 Å². The fraction of sp³-hybridized carbons (Fsp3) is 0.120. The fourth-order valence-corrected chi connectivity index (χ4v) is 6.10. The zero-order valence-corrected chi connectivity index (χ0v) is 18.5. The van der Waals surface area contributed by atoms with Crippen LogP contribution in [-0.4, -0.2) is 25.4 Å². The zero-order valence-electron chi connectivity index (χ0n) is 16.0. The van der Waals surface area contributed by atoms with Crippen LogP contribution in [0.5, 0.6) is 0 Å². The van der Waals surface area contributed by atoms with Crippen LogP contribution in [0.1, 0.15) is 27.9 Å². The van der Waals surface area contributed by atoms with Crippen molar-refractivity contribution in [3.05, 3.63) is 107 Å². The molecule has 0 saturated heterocycles. The maximum absolute atomic E-state index is 12.8. The molecule has 0 saturated carbocycles. The summed E-state index contributed by atoms with van der Waals surface area (Å²) < 4.78 is 4.68. The third kappa shape index (κ3) is 4.35. The van der Waals surface area contributed by atoms with Crippen LogP contribution in [0.2, 0.25) is 10.3 Å². The number of hydrogen-bond acceptors (Lipinski definition) is 3. The Morgan fingerprint density at radius 2 is 1.57 bits per heavy atom. The summed E-state index contributed by atoms with van der Waals surface area (Å²) in [6, 6.07) is 29.2. The van der Waals surface area contributed by atoms with Crippen LogP contribution in [0, 0.1) is 11.3 Å². The molecule has 0 amide bonds. The van der Waals surface area contributed by atoms with E-state index in [1.807, 2.05) is 48.5 Å². The van der Waals surface area contributed by atoms with Crippen molar-refractivity contribution in [2.45, 2.75) is 16.2 Å². The molecule has 0 aliphatic carbocycles. The van der Waals surface area contributed by atoms with Gasteiger partial charge >= 0.3 is 187 Å². The summed E-state index contributed by atoms with van der Waals surface area (Å²) in [7, 11) is 0. The van der Waals surface area contributed by atoms with Gasteiger partial charge in [0.1, 0.15) is 0 Å². The van der Waals surface area contributed by atoms with Gasteiger partial charge in [-0.1, -0.05) is 0 Å². The minimum atomic E-state index is -1.16. The van der Waals surface area contributed by atoms with Gasteiger partial charge in [-0.15, -0.1) is 0 Å². The first-order valence-electron chi connectivity index (χ1n) is 9.47. The molecule has 0 aromatic heterocycles. The topological polar surface area (TPSA) is 50.1 Å². The molecule has 0 bridgehead atoms. The summed E-state index contributed by atoms with van der Waals surface area (Å²) in [6.45, 7) is 0. The quantitative estimate of drug-likeness (QED) is 0.349. The van der Waals surface area contributed by atoms with E-state index in [0.717, 1.165) is 16.7 Å². The van der Waals surface area contributed by atoms with Crippen molar-refractivity contribution in [1.82, 2.24) is 0 Å². The second-order valence-electron chi connectivity index (χ2n) is 6.92.